The van der Waals surface area contributed by atoms with E-state index in [1.54, 1.807) is 30.0 Å². The molecule has 32 heavy (non-hydrogen) atoms. The molecule has 1 aliphatic rings. The topological polar surface area (TPSA) is 103 Å². The number of nitrogens with zero attached hydrogens (tertiary/aromatic N) is 1. The quantitative estimate of drug-likeness (QED) is 0.549. The lowest BCUT2D eigenvalue weighted by Crippen LogP contribution is -2.49. The zero-order chi connectivity index (χ0) is 23.3. The summed E-state index contributed by atoms with van der Waals surface area (Å²) in [7, 11) is 1.81. The van der Waals surface area contributed by atoms with Gasteiger partial charge in [0.05, 0.1) is 23.9 Å². The van der Waals surface area contributed by atoms with Gasteiger partial charge in [0.15, 0.2) is 5.75 Å². The van der Waals surface area contributed by atoms with Gasteiger partial charge in [-0.05, 0) is 50.4 Å². The first kappa shape index (κ1) is 23.5. The van der Waals surface area contributed by atoms with Crippen LogP contribution in [0.15, 0.2) is 42.5 Å². The standard InChI is InChI=1S/C23H29FN4O4/c1-14-12-28(15(2)13-29)22(30)18-5-4-6-19(21(18)32-20(14)11-25-3)27-23(31)26-17-9-7-16(24)8-10-17/h4-10,14-15,20,25,29H,11-13H2,1-3H3,(H2,26,27,31)/t14-,15+,20+/m0/s1. The maximum Gasteiger partial charge on any atom is 0.323 e. The first-order chi connectivity index (χ1) is 15.3. The predicted molar refractivity (Wildman–Crippen MR) is 121 cm³/mol. The lowest BCUT2D eigenvalue weighted by molar-refractivity contribution is 0.0417. The minimum Gasteiger partial charge on any atom is -0.486 e. The average molecular weight is 445 g/mol. The number of benzene rings is 2. The van der Waals surface area contributed by atoms with Crippen LogP contribution in [0, 0.1) is 11.7 Å². The lowest BCUT2D eigenvalue weighted by Gasteiger charge is -2.37. The fourth-order valence-electron chi connectivity index (χ4n) is 3.60. The zero-order valence-electron chi connectivity index (χ0n) is 18.4. The normalized spacial score (nSPS) is 19.3. The number of aliphatic hydroxyl groups is 1. The largest absolute Gasteiger partial charge is 0.486 e. The van der Waals surface area contributed by atoms with E-state index in [0.717, 1.165) is 0 Å². The summed E-state index contributed by atoms with van der Waals surface area (Å²) in [6.45, 7) is 4.57. The Morgan fingerprint density at radius 3 is 2.62 bits per heavy atom. The summed E-state index contributed by atoms with van der Waals surface area (Å²) >= 11 is 0. The molecule has 0 unspecified atom stereocenters. The van der Waals surface area contributed by atoms with Gasteiger partial charge in [0.2, 0.25) is 0 Å². The summed E-state index contributed by atoms with van der Waals surface area (Å²) in [5, 5.41) is 18.1. The van der Waals surface area contributed by atoms with Gasteiger partial charge in [0, 0.05) is 24.7 Å². The molecule has 2 aromatic carbocycles. The fraction of sp³-hybridized carbons (Fsp3) is 0.391. The van der Waals surface area contributed by atoms with Crippen LogP contribution in [0.25, 0.3) is 0 Å². The van der Waals surface area contributed by atoms with Crippen molar-refractivity contribution in [2.24, 2.45) is 5.92 Å². The molecule has 1 heterocycles. The number of nitrogens with one attached hydrogen (secondary N) is 3. The maximum atomic E-state index is 13.3. The smallest absolute Gasteiger partial charge is 0.323 e. The molecule has 8 nitrogen and oxygen atoms in total. The highest BCUT2D eigenvalue weighted by Gasteiger charge is 2.33. The number of fused-ring (bicyclic) bond motifs is 1. The number of carbonyl (C=O) groups excluding carboxylic acids is 2. The molecule has 0 saturated carbocycles. The molecule has 0 bridgehead atoms. The number of para-hydroxylation sites is 1. The molecule has 0 radical (unpaired) electrons. The van der Waals surface area contributed by atoms with Crippen LogP contribution in [0.5, 0.6) is 5.75 Å². The third-order valence-electron chi connectivity index (χ3n) is 5.45. The highest BCUT2D eigenvalue weighted by Crippen LogP contribution is 2.34. The Bertz CT molecular complexity index is 954. The summed E-state index contributed by atoms with van der Waals surface area (Å²) in [5.74, 6) is -0.444. The Morgan fingerprint density at radius 1 is 1.25 bits per heavy atom. The summed E-state index contributed by atoms with van der Waals surface area (Å²) < 4.78 is 19.4. The van der Waals surface area contributed by atoms with Crippen molar-refractivity contribution in [2.45, 2.75) is 26.0 Å². The van der Waals surface area contributed by atoms with Gasteiger partial charge in [-0.25, -0.2) is 9.18 Å². The van der Waals surface area contributed by atoms with E-state index >= 15 is 0 Å². The average Bonchev–Trinajstić information content (AvgIpc) is 2.77. The predicted octanol–water partition coefficient (Wildman–Crippen LogP) is 2.91. The van der Waals surface area contributed by atoms with E-state index in [2.05, 4.69) is 16.0 Å². The maximum absolute atomic E-state index is 13.3. The minimum absolute atomic E-state index is 0.0327. The van der Waals surface area contributed by atoms with Crippen molar-refractivity contribution in [1.82, 2.24) is 10.2 Å². The molecule has 3 amide bonds. The van der Waals surface area contributed by atoms with Crippen LogP contribution in [0.2, 0.25) is 0 Å². The van der Waals surface area contributed by atoms with Gasteiger partial charge in [-0.2, -0.15) is 0 Å². The summed E-state index contributed by atoms with van der Waals surface area (Å²) in [6, 6.07) is 9.42. The molecule has 2 aromatic rings. The second-order valence-corrected chi connectivity index (χ2v) is 7.95. The summed E-state index contributed by atoms with van der Waals surface area (Å²) in [5.41, 5.74) is 1.06. The highest BCUT2D eigenvalue weighted by atomic mass is 19.1. The van der Waals surface area contributed by atoms with Crippen molar-refractivity contribution in [3.63, 3.8) is 0 Å². The number of rotatable bonds is 6. The molecule has 0 spiro atoms. The number of hydrogen-bond acceptors (Lipinski definition) is 5. The molecule has 3 rings (SSSR count). The number of anilines is 2. The summed E-state index contributed by atoms with van der Waals surface area (Å²) in [6.07, 6.45) is -0.275. The Labute approximate surface area is 186 Å². The Balaban J connectivity index is 1.93. The molecule has 0 fully saturated rings. The number of likely N-dealkylation sites (N-methyl/N-ethyl adjacent to an activating group) is 1. The van der Waals surface area contributed by atoms with Gasteiger partial charge in [-0.3, -0.25) is 4.79 Å². The van der Waals surface area contributed by atoms with Crippen molar-refractivity contribution in [3.8, 4) is 5.75 Å². The minimum atomic E-state index is -0.554. The Kier molecular flexibility index (Phi) is 7.66. The van der Waals surface area contributed by atoms with Crippen molar-refractivity contribution in [1.29, 1.82) is 0 Å². The number of hydrogen-bond donors (Lipinski definition) is 4. The number of ether oxygens (including phenoxy) is 1. The van der Waals surface area contributed by atoms with E-state index in [-0.39, 0.29) is 36.3 Å². The van der Waals surface area contributed by atoms with Gasteiger partial charge in [-0.15, -0.1) is 0 Å². The third kappa shape index (κ3) is 5.35. The van der Waals surface area contributed by atoms with E-state index in [9.17, 15) is 19.1 Å². The monoisotopic (exact) mass is 444 g/mol. The first-order valence-electron chi connectivity index (χ1n) is 10.5. The Hall–Kier alpha value is -3.17. The van der Waals surface area contributed by atoms with Crippen LogP contribution in [0.3, 0.4) is 0 Å². The molecule has 4 N–H and O–H groups in total. The number of aliphatic hydroxyl groups excluding tert-OH is 1. The third-order valence-corrected chi connectivity index (χ3v) is 5.45. The number of urea groups is 1. The zero-order valence-corrected chi connectivity index (χ0v) is 18.4. The van der Waals surface area contributed by atoms with E-state index in [4.69, 9.17) is 4.74 Å². The van der Waals surface area contributed by atoms with Gasteiger partial charge in [0.25, 0.3) is 5.91 Å². The highest BCUT2D eigenvalue weighted by molar-refractivity contribution is 6.04. The first-order valence-corrected chi connectivity index (χ1v) is 10.5. The van der Waals surface area contributed by atoms with Crippen molar-refractivity contribution >= 4 is 23.3 Å². The van der Waals surface area contributed by atoms with Crippen LogP contribution in [0.1, 0.15) is 24.2 Å². The second-order valence-electron chi connectivity index (χ2n) is 7.95. The van der Waals surface area contributed by atoms with Crippen molar-refractivity contribution in [3.05, 3.63) is 53.8 Å². The van der Waals surface area contributed by atoms with Gasteiger partial charge in [-0.1, -0.05) is 13.0 Å². The Morgan fingerprint density at radius 2 is 1.97 bits per heavy atom. The molecular weight excluding hydrogens is 415 g/mol. The molecule has 172 valence electrons. The van der Waals surface area contributed by atoms with E-state index < -0.39 is 11.8 Å². The van der Waals surface area contributed by atoms with E-state index in [1.807, 2.05) is 14.0 Å². The van der Waals surface area contributed by atoms with E-state index in [1.165, 1.54) is 24.3 Å². The summed E-state index contributed by atoms with van der Waals surface area (Å²) in [4.78, 5) is 27.5. The molecule has 9 heteroatoms. The molecule has 0 saturated heterocycles. The van der Waals surface area contributed by atoms with Crippen molar-refractivity contribution in [2.75, 3.05) is 37.4 Å². The molecular formula is C23H29FN4O4. The van der Waals surface area contributed by atoms with Crippen LogP contribution < -0.4 is 20.7 Å². The van der Waals surface area contributed by atoms with Crippen LogP contribution >= 0.6 is 0 Å². The van der Waals surface area contributed by atoms with Gasteiger partial charge >= 0.3 is 6.03 Å². The SMILES string of the molecule is CNC[C@H]1Oc2c(NC(=O)Nc3ccc(F)cc3)cccc2C(=O)N([C@H](C)CO)C[C@@H]1C. The van der Waals surface area contributed by atoms with Crippen LogP contribution in [0.4, 0.5) is 20.6 Å². The fourth-order valence-corrected chi connectivity index (χ4v) is 3.60. The van der Waals surface area contributed by atoms with Gasteiger partial charge < -0.3 is 30.7 Å². The molecule has 0 aromatic heterocycles. The van der Waals surface area contributed by atoms with Crippen LogP contribution in [-0.2, 0) is 0 Å². The van der Waals surface area contributed by atoms with Gasteiger partial charge in [0.1, 0.15) is 11.9 Å². The van der Waals surface area contributed by atoms with Crippen molar-refractivity contribution < 1.29 is 23.8 Å². The van der Waals surface area contributed by atoms with Crippen LogP contribution in [-0.4, -0.2) is 60.8 Å². The number of carbonyl (C=O) groups is 2. The number of amides is 3. The lowest BCUT2D eigenvalue weighted by atomic mass is 9.99. The molecule has 0 aliphatic carbocycles. The molecule has 3 atom stereocenters. The van der Waals surface area contributed by atoms with E-state index in [0.29, 0.717) is 30.0 Å². The number of halogens is 1. The molecule has 1 aliphatic heterocycles. The second kappa shape index (κ2) is 10.4.